The molecular weight excluding hydrogens is 448 g/mol. The van der Waals surface area contributed by atoms with Crippen molar-refractivity contribution in [2.75, 3.05) is 32.7 Å². The fourth-order valence-electron chi connectivity index (χ4n) is 3.13. The average Bonchev–Trinajstić information content (AvgIpc) is 3.14. The average molecular weight is 469 g/mol. The molecule has 3 heterocycles. The van der Waals surface area contributed by atoms with E-state index >= 15 is 0 Å². The number of carbonyl (C=O) groups is 3. The number of nitrogens with one attached hydrogen (secondary N) is 1. The molecule has 166 valence electrons. The van der Waals surface area contributed by atoms with Crippen LogP contribution in [0.5, 0.6) is 0 Å². The van der Waals surface area contributed by atoms with Crippen molar-refractivity contribution < 1.29 is 22.8 Å². The molecule has 0 radical (unpaired) electrons. The molecule has 0 spiro atoms. The fourth-order valence-corrected chi connectivity index (χ4v) is 4.79. The molecule has 1 aliphatic heterocycles. The minimum absolute atomic E-state index is 0.0372. The van der Waals surface area contributed by atoms with E-state index in [0.29, 0.717) is 5.02 Å². The van der Waals surface area contributed by atoms with Gasteiger partial charge in [0.2, 0.25) is 15.9 Å². The van der Waals surface area contributed by atoms with Gasteiger partial charge in [0.1, 0.15) is 16.3 Å². The summed E-state index contributed by atoms with van der Waals surface area (Å²) in [4.78, 5) is 41.2. The molecular formula is C18H21ClN6O5S. The zero-order valence-electron chi connectivity index (χ0n) is 16.6. The van der Waals surface area contributed by atoms with Gasteiger partial charge in [-0.05, 0) is 18.2 Å². The zero-order valence-corrected chi connectivity index (χ0v) is 18.2. The van der Waals surface area contributed by atoms with E-state index in [2.05, 4.69) is 10.3 Å². The number of halogens is 1. The van der Waals surface area contributed by atoms with Gasteiger partial charge in [-0.3, -0.25) is 19.4 Å². The highest BCUT2D eigenvalue weighted by molar-refractivity contribution is 7.89. The van der Waals surface area contributed by atoms with E-state index in [4.69, 9.17) is 17.3 Å². The quantitative estimate of drug-likeness (QED) is 0.580. The van der Waals surface area contributed by atoms with Crippen molar-refractivity contribution in [1.29, 1.82) is 0 Å². The van der Waals surface area contributed by atoms with Gasteiger partial charge in [-0.2, -0.15) is 4.31 Å². The number of nitrogens with zero attached hydrogens (tertiary/aromatic N) is 4. The first-order chi connectivity index (χ1) is 14.6. The Labute approximate surface area is 183 Å². The Hall–Kier alpha value is -2.96. The zero-order chi connectivity index (χ0) is 22.8. The van der Waals surface area contributed by atoms with Crippen LogP contribution in [0, 0.1) is 0 Å². The summed E-state index contributed by atoms with van der Waals surface area (Å²) in [6, 6.07) is 4.15. The van der Waals surface area contributed by atoms with Gasteiger partial charge in [0, 0.05) is 50.6 Å². The molecule has 0 aromatic carbocycles. The summed E-state index contributed by atoms with van der Waals surface area (Å²) in [6.07, 6.45) is 2.71. The Balaban J connectivity index is 1.56. The van der Waals surface area contributed by atoms with Crippen molar-refractivity contribution in [2.45, 2.75) is 4.90 Å². The van der Waals surface area contributed by atoms with Gasteiger partial charge < -0.3 is 20.5 Å². The van der Waals surface area contributed by atoms with Crippen molar-refractivity contribution >= 4 is 39.3 Å². The topological polar surface area (TPSA) is 148 Å². The summed E-state index contributed by atoms with van der Waals surface area (Å²) in [7, 11) is -2.31. The molecule has 11 nitrogen and oxygen atoms in total. The highest BCUT2D eigenvalue weighted by Crippen LogP contribution is 2.20. The second kappa shape index (κ2) is 9.04. The van der Waals surface area contributed by atoms with E-state index in [-0.39, 0.29) is 54.9 Å². The summed E-state index contributed by atoms with van der Waals surface area (Å²) in [6.45, 7) is 0.246. The van der Waals surface area contributed by atoms with E-state index < -0.39 is 21.8 Å². The SMILES string of the molecule is Cn1cc(S(=O)(=O)N2CCN(C(=O)CNC(=O)c3cc(Cl)ccn3)CC2)cc1C(N)=O. The smallest absolute Gasteiger partial charge is 0.270 e. The third-order valence-corrected chi connectivity index (χ3v) is 6.92. The summed E-state index contributed by atoms with van der Waals surface area (Å²) >= 11 is 5.82. The largest absolute Gasteiger partial charge is 0.364 e. The fraction of sp³-hybridized carbons (Fsp3) is 0.333. The molecule has 2 aromatic rings. The summed E-state index contributed by atoms with van der Waals surface area (Å²) in [5.41, 5.74) is 5.42. The minimum atomic E-state index is -3.84. The molecule has 13 heteroatoms. The highest BCUT2D eigenvalue weighted by Gasteiger charge is 2.31. The van der Waals surface area contributed by atoms with Crippen molar-refractivity contribution in [3.63, 3.8) is 0 Å². The number of aryl methyl sites for hydroxylation is 1. The first-order valence-electron chi connectivity index (χ1n) is 9.23. The van der Waals surface area contributed by atoms with Gasteiger partial charge >= 0.3 is 0 Å². The lowest BCUT2D eigenvalue weighted by molar-refractivity contribution is -0.131. The number of aromatic nitrogens is 2. The Morgan fingerprint density at radius 3 is 2.45 bits per heavy atom. The lowest BCUT2D eigenvalue weighted by atomic mass is 10.3. The van der Waals surface area contributed by atoms with Crippen LogP contribution in [-0.2, 0) is 21.9 Å². The van der Waals surface area contributed by atoms with Gasteiger partial charge in [0.15, 0.2) is 0 Å². The van der Waals surface area contributed by atoms with Crippen LogP contribution in [0.2, 0.25) is 5.02 Å². The molecule has 31 heavy (non-hydrogen) atoms. The minimum Gasteiger partial charge on any atom is -0.364 e. The molecule has 1 aliphatic rings. The van der Waals surface area contributed by atoms with Crippen LogP contribution in [0.1, 0.15) is 21.0 Å². The monoisotopic (exact) mass is 468 g/mol. The maximum Gasteiger partial charge on any atom is 0.270 e. The van der Waals surface area contributed by atoms with Crippen LogP contribution in [0.3, 0.4) is 0 Å². The predicted octanol–water partition coefficient (Wildman–Crippen LogP) is -0.565. The van der Waals surface area contributed by atoms with Crippen LogP contribution in [0.15, 0.2) is 35.5 Å². The first kappa shape index (κ1) is 22.7. The van der Waals surface area contributed by atoms with Gasteiger partial charge in [-0.15, -0.1) is 0 Å². The van der Waals surface area contributed by atoms with E-state index in [1.165, 1.54) is 51.4 Å². The molecule has 0 unspecified atom stereocenters. The molecule has 0 bridgehead atoms. The third-order valence-electron chi connectivity index (χ3n) is 4.82. The Bertz CT molecular complexity index is 1120. The number of primary amides is 1. The second-order valence-corrected chi connectivity index (χ2v) is 9.24. The van der Waals surface area contributed by atoms with E-state index in [1.807, 2.05) is 0 Å². The van der Waals surface area contributed by atoms with Gasteiger partial charge in [0.25, 0.3) is 11.8 Å². The molecule has 3 amide bonds. The molecule has 2 aromatic heterocycles. The standard InChI is InChI=1S/C18H21ClN6O5S/c1-23-11-13(9-15(23)17(20)27)31(29,30)25-6-4-24(5-7-25)16(26)10-22-18(28)14-8-12(19)2-3-21-14/h2-3,8-9,11H,4-7,10H2,1H3,(H2,20,27)(H,22,28). The van der Waals surface area contributed by atoms with Gasteiger partial charge in [-0.25, -0.2) is 8.42 Å². The third kappa shape index (κ3) is 5.03. The Morgan fingerprint density at radius 2 is 1.87 bits per heavy atom. The van der Waals surface area contributed by atoms with Crippen LogP contribution in [0.4, 0.5) is 0 Å². The van der Waals surface area contributed by atoms with Crippen molar-refractivity contribution in [3.05, 3.63) is 47.0 Å². The number of sulfonamides is 1. The number of pyridine rings is 1. The van der Waals surface area contributed by atoms with Gasteiger partial charge in [0.05, 0.1) is 6.54 Å². The molecule has 3 rings (SSSR count). The molecule has 1 saturated heterocycles. The highest BCUT2D eigenvalue weighted by atomic mass is 35.5. The van der Waals surface area contributed by atoms with Crippen molar-refractivity contribution in [3.8, 4) is 0 Å². The molecule has 0 aliphatic carbocycles. The maximum atomic E-state index is 12.8. The summed E-state index contributed by atoms with van der Waals surface area (Å²) in [5, 5.41) is 2.83. The molecule has 0 atom stereocenters. The van der Waals surface area contributed by atoms with Crippen LogP contribution >= 0.6 is 11.6 Å². The number of piperazine rings is 1. The van der Waals surface area contributed by atoms with Crippen LogP contribution in [0.25, 0.3) is 0 Å². The predicted molar refractivity (Wildman–Crippen MR) is 111 cm³/mol. The first-order valence-corrected chi connectivity index (χ1v) is 11.0. The number of carbonyl (C=O) groups excluding carboxylic acids is 3. The maximum absolute atomic E-state index is 12.8. The lowest BCUT2D eigenvalue weighted by Gasteiger charge is -2.33. The van der Waals surface area contributed by atoms with E-state index in [1.54, 1.807) is 0 Å². The van der Waals surface area contributed by atoms with Crippen molar-refractivity contribution in [1.82, 2.24) is 24.1 Å². The molecule has 0 saturated carbocycles. The van der Waals surface area contributed by atoms with Crippen LogP contribution in [-0.4, -0.2) is 77.6 Å². The molecule has 1 fully saturated rings. The molecule has 3 N–H and O–H groups in total. The van der Waals surface area contributed by atoms with Crippen molar-refractivity contribution in [2.24, 2.45) is 12.8 Å². The van der Waals surface area contributed by atoms with E-state index in [9.17, 15) is 22.8 Å². The number of amides is 3. The number of hydrogen-bond donors (Lipinski definition) is 2. The van der Waals surface area contributed by atoms with E-state index in [0.717, 1.165) is 0 Å². The Morgan fingerprint density at radius 1 is 1.19 bits per heavy atom. The van der Waals surface area contributed by atoms with Gasteiger partial charge in [-0.1, -0.05) is 11.6 Å². The summed E-state index contributed by atoms with van der Waals surface area (Å²) in [5.74, 6) is -1.61. The summed E-state index contributed by atoms with van der Waals surface area (Å²) < 4.78 is 28.3. The lowest BCUT2D eigenvalue weighted by Crippen LogP contribution is -2.52. The second-order valence-electron chi connectivity index (χ2n) is 6.86. The van der Waals surface area contributed by atoms with Crippen LogP contribution < -0.4 is 11.1 Å². The number of nitrogens with two attached hydrogens (primary N) is 1. The number of hydrogen-bond acceptors (Lipinski definition) is 6. The normalized spacial score (nSPS) is 15.0. The Kier molecular flexibility index (Phi) is 6.62. The number of rotatable bonds is 6.